The van der Waals surface area contributed by atoms with Gasteiger partial charge in [-0.2, -0.15) is 5.26 Å². The summed E-state index contributed by atoms with van der Waals surface area (Å²) < 4.78 is 0. The molecule has 1 aromatic heterocycles. The minimum Gasteiger partial charge on any atom is -0.337 e. The average Bonchev–Trinajstić information content (AvgIpc) is 3.18. The van der Waals surface area contributed by atoms with Crippen LogP contribution in [0.1, 0.15) is 24.2 Å². The molecule has 104 valence electrons. The molecule has 0 spiro atoms. The van der Waals surface area contributed by atoms with Crippen LogP contribution in [0.4, 0.5) is 0 Å². The van der Waals surface area contributed by atoms with Crippen molar-refractivity contribution >= 4 is 16.6 Å². The van der Waals surface area contributed by atoms with E-state index in [0.29, 0.717) is 23.2 Å². The molecule has 1 aromatic carbocycles. The molecule has 2 bridgehead atoms. The van der Waals surface area contributed by atoms with Crippen molar-refractivity contribution in [1.29, 1.82) is 5.26 Å². The Kier molecular flexibility index (Phi) is 2.71. The summed E-state index contributed by atoms with van der Waals surface area (Å²) in [5.41, 5.74) is 3.79. The summed E-state index contributed by atoms with van der Waals surface area (Å²) in [5.74, 6) is 2.52. The van der Waals surface area contributed by atoms with Gasteiger partial charge < -0.3 is 4.98 Å². The van der Waals surface area contributed by atoms with Gasteiger partial charge in [0.1, 0.15) is 11.9 Å². The van der Waals surface area contributed by atoms with E-state index in [1.54, 1.807) is 0 Å². The van der Waals surface area contributed by atoms with E-state index in [1.165, 1.54) is 18.4 Å². The molecule has 1 heterocycles. The van der Waals surface area contributed by atoms with Crippen molar-refractivity contribution < 1.29 is 0 Å². The first-order valence-corrected chi connectivity index (χ1v) is 7.50. The molecule has 3 heteroatoms. The number of hydrogen-bond acceptors (Lipinski definition) is 2. The van der Waals surface area contributed by atoms with E-state index in [-0.39, 0.29) is 0 Å². The number of H-pyrrole nitrogens is 1. The maximum atomic E-state index is 9.49. The SMILES string of the molecule is Cc1ccc2nc(/C(C#N)=C/[C@@H]3C[C@@H]4C=C[C@@H]3C4)[nH]c2c1. The molecule has 2 aliphatic carbocycles. The Morgan fingerprint density at radius 1 is 1.38 bits per heavy atom. The van der Waals surface area contributed by atoms with E-state index in [0.717, 1.165) is 17.0 Å². The standard InChI is InChI=1S/C18H17N3/c1-11-2-5-16-17(6-11)21-18(20-16)15(10-19)9-14-8-12-3-4-13(14)7-12/h2-6,9,12-14H,7-8H2,1H3,(H,20,21)/b15-9+/t12-,13-,14+/m1/s1. The molecule has 2 aliphatic rings. The van der Waals surface area contributed by atoms with Gasteiger partial charge in [-0.1, -0.05) is 24.3 Å². The van der Waals surface area contributed by atoms with Gasteiger partial charge in [-0.25, -0.2) is 4.98 Å². The van der Waals surface area contributed by atoms with Crippen LogP contribution in [0.2, 0.25) is 0 Å². The molecule has 0 unspecified atom stereocenters. The second-order valence-corrected chi connectivity index (χ2v) is 6.24. The Labute approximate surface area is 124 Å². The number of aryl methyl sites for hydroxylation is 1. The highest BCUT2D eigenvalue weighted by atomic mass is 14.9. The zero-order chi connectivity index (χ0) is 14.4. The Morgan fingerprint density at radius 3 is 3.00 bits per heavy atom. The summed E-state index contributed by atoms with van der Waals surface area (Å²) in [4.78, 5) is 7.85. The fourth-order valence-electron chi connectivity index (χ4n) is 3.65. The van der Waals surface area contributed by atoms with Gasteiger partial charge in [-0.3, -0.25) is 0 Å². The van der Waals surface area contributed by atoms with E-state index >= 15 is 0 Å². The highest BCUT2D eigenvalue weighted by Crippen LogP contribution is 2.44. The normalized spacial score (nSPS) is 27.4. The lowest BCUT2D eigenvalue weighted by atomic mass is 9.91. The monoisotopic (exact) mass is 275 g/mol. The van der Waals surface area contributed by atoms with E-state index in [4.69, 9.17) is 0 Å². The smallest absolute Gasteiger partial charge is 0.148 e. The Hall–Kier alpha value is -2.34. The number of allylic oxidation sites excluding steroid dienone is 4. The number of nitrogens with one attached hydrogen (secondary N) is 1. The topological polar surface area (TPSA) is 52.5 Å². The fourth-order valence-corrected chi connectivity index (χ4v) is 3.65. The van der Waals surface area contributed by atoms with E-state index in [9.17, 15) is 5.26 Å². The van der Waals surface area contributed by atoms with Crippen LogP contribution >= 0.6 is 0 Å². The van der Waals surface area contributed by atoms with Crippen LogP contribution in [0.5, 0.6) is 0 Å². The molecular weight excluding hydrogens is 258 g/mol. The number of benzene rings is 1. The summed E-state index contributed by atoms with van der Waals surface area (Å²) in [6, 6.07) is 8.44. The molecule has 1 saturated carbocycles. The minimum absolute atomic E-state index is 0.490. The molecule has 0 amide bonds. The summed E-state index contributed by atoms with van der Waals surface area (Å²) in [7, 11) is 0. The second-order valence-electron chi connectivity index (χ2n) is 6.24. The van der Waals surface area contributed by atoms with Gasteiger partial charge in [-0.15, -0.1) is 0 Å². The molecule has 3 atom stereocenters. The molecule has 4 rings (SSSR count). The first kappa shape index (κ1) is 12.4. The molecule has 21 heavy (non-hydrogen) atoms. The van der Waals surface area contributed by atoms with Crippen molar-refractivity contribution in [1.82, 2.24) is 9.97 Å². The molecule has 0 aliphatic heterocycles. The number of rotatable bonds is 2. The van der Waals surface area contributed by atoms with Crippen molar-refractivity contribution in [2.45, 2.75) is 19.8 Å². The Bertz CT molecular complexity index is 803. The lowest BCUT2D eigenvalue weighted by Crippen LogP contribution is -2.04. The number of fused-ring (bicyclic) bond motifs is 3. The Morgan fingerprint density at radius 2 is 2.29 bits per heavy atom. The molecule has 2 aromatic rings. The van der Waals surface area contributed by atoms with Crippen LogP contribution in [0.15, 0.2) is 36.4 Å². The summed E-state index contributed by atoms with van der Waals surface area (Å²) in [5, 5.41) is 9.49. The third-order valence-electron chi connectivity index (χ3n) is 4.72. The first-order chi connectivity index (χ1) is 10.2. The third-order valence-corrected chi connectivity index (χ3v) is 4.72. The van der Waals surface area contributed by atoms with Crippen LogP contribution < -0.4 is 0 Å². The highest BCUT2D eigenvalue weighted by molar-refractivity contribution is 5.82. The van der Waals surface area contributed by atoms with Gasteiger partial charge in [0.15, 0.2) is 0 Å². The van der Waals surface area contributed by atoms with E-state index < -0.39 is 0 Å². The number of nitrogens with zero attached hydrogens (tertiary/aromatic N) is 2. The van der Waals surface area contributed by atoms with Crippen LogP contribution in [0.3, 0.4) is 0 Å². The van der Waals surface area contributed by atoms with Crippen molar-refractivity contribution in [2.75, 3.05) is 0 Å². The van der Waals surface area contributed by atoms with Crippen LogP contribution in [-0.4, -0.2) is 9.97 Å². The quantitative estimate of drug-likeness (QED) is 0.665. The van der Waals surface area contributed by atoms with Gasteiger partial charge in [0, 0.05) is 0 Å². The lowest BCUT2D eigenvalue weighted by Gasteiger charge is -2.13. The van der Waals surface area contributed by atoms with Crippen LogP contribution in [0, 0.1) is 36.0 Å². The maximum absolute atomic E-state index is 9.49. The zero-order valence-electron chi connectivity index (χ0n) is 12.0. The summed E-state index contributed by atoms with van der Waals surface area (Å²) in [6.45, 7) is 2.06. The largest absolute Gasteiger partial charge is 0.337 e. The maximum Gasteiger partial charge on any atom is 0.148 e. The van der Waals surface area contributed by atoms with Gasteiger partial charge in [0.05, 0.1) is 16.6 Å². The number of aromatic nitrogens is 2. The van der Waals surface area contributed by atoms with Gasteiger partial charge in [0.2, 0.25) is 0 Å². The predicted molar refractivity (Wildman–Crippen MR) is 83.3 cm³/mol. The second kappa shape index (κ2) is 4.60. The molecule has 1 fully saturated rings. The zero-order valence-corrected chi connectivity index (χ0v) is 12.0. The molecule has 1 N–H and O–H groups in total. The van der Waals surface area contributed by atoms with Gasteiger partial charge in [-0.05, 0) is 55.2 Å². The van der Waals surface area contributed by atoms with Crippen molar-refractivity contribution in [2.24, 2.45) is 17.8 Å². The van der Waals surface area contributed by atoms with Crippen molar-refractivity contribution in [3.63, 3.8) is 0 Å². The average molecular weight is 275 g/mol. The molecule has 0 saturated heterocycles. The molecule has 3 nitrogen and oxygen atoms in total. The highest BCUT2D eigenvalue weighted by Gasteiger charge is 2.34. The van der Waals surface area contributed by atoms with Crippen LogP contribution in [0.25, 0.3) is 16.6 Å². The Balaban J connectivity index is 1.71. The van der Waals surface area contributed by atoms with Gasteiger partial charge >= 0.3 is 0 Å². The number of hydrogen-bond donors (Lipinski definition) is 1. The van der Waals surface area contributed by atoms with E-state index in [1.807, 2.05) is 12.1 Å². The van der Waals surface area contributed by atoms with Crippen LogP contribution in [-0.2, 0) is 0 Å². The van der Waals surface area contributed by atoms with Crippen molar-refractivity contribution in [3.05, 3.63) is 47.8 Å². The fraction of sp³-hybridized carbons (Fsp3) is 0.333. The number of nitriles is 1. The molecule has 0 radical (unpaired) electrons. The van der Waals surface area contributed by atoms with E-state index in [2.05, 4.69) is 47.3 Å². The lowest BCUT2D eigenvalue weighted by molar-refractivity contribution is 0.551. The minimum atomic E-state index is 0.490. The number of aromatic amines is 1. The number of imidazole rings is 1. The van der Waals surface area contributed by atoms with Gasteiger partial charge in [0.25, 0.3) is 0 Å². The van der Waals surface area contributed by atoms with Crippen molar-refractivity contribution in [3.8, 4) is 6.07 Å². The molecular formula is C18H17N3. The summed E-state index contributed by atoms with van der Waals surface area (Å²) in [6.07, 6.45) is 9.18. The third kappa shape index (κ3) is 2.08. The summed E-state index contributed by atoms with van der Waals surface area (Å²) >= 11 is 0. The first-order valence-electron chi connectivity index (χ1n) is 7.50. The predicted octanol–water partition coefficient (Wildman–Crippen LogP) is 3.99.